The van der Waals surface area contributed by atoms with Crippen molar-refractivity contribution in [3.63, 3.8) is 0 Å². The predicted octanol–water partition coefficient (Wildman–Crippen LogP) is 2.74. The molecule has 1 N–H and O–H groups in total. The first kappa shape index (κ1) is 12.8. The van der Waals surface area contributed by atoms with Gasteiger partial charge < -0.3 is 5.32 Å². The third kappa shape index (κ3) is 5.54. The summed E-state index contributed by atoms with van der Waals surface area (Å²) < 4.78 is 0. The average molecular weight is 218 g/mol. The van der Waals surface area contributed by atoms with Gasteiger partial charge in [-0.2, -0.15) is 0 Å². The monoisotopic (exact) mass is 218 g/mol. The summed E-state index contributed by atoms with van der Waals surface area (Å²) in [6.07, 6.45) is 4.43. The number of hydrogen-bond donors (Lipinski definition) is 1. The van der Waals surface area contributed by atoms with E-state index in [1.165, 1.54) is 5.56 Å². The standard InChI is InChI=1S/C14H20NO/c1-2-3-5-10-14(16)15-12-11-13-8-6-4-7-9-13/h4,6-9H,1-3,5,10-12H2,(H,15,16). The van der Waals surface area contributed by atoms with Crippen LogP contribution in [-0.4, -0.2) is 12.5 Å². The lowest BCUT2D eigenvalue weighted by molar-refractivity contribution is -0.121. The lowest BCUT2D eigenvalue weighted by Crippen LogP contribution is -2.25. The first-order valence-corrected chi connectivity index (χ1v) is 5.93. The molecule has 0 bridgehead atoms. The van der Waals surface area contributed by atoms with Gasteiger partial charge in [-0.15, -0.1) is 0 Å². The second-order valence-corrected chi connectivity index (χ2v) is 3.90. The average Bonchev–Trinajstić information content (AvgIpc) is 2.31. The lowest BCUT2D eigenvalue weighted by Gasteiger charge is -2.04. The van der Waals surface area contributed by atoms with E-state index < -0.39 is 0 Å². The molecule has 2 heteroatoms. The zero-order chi connectivity index (χ0) is 11.6. The van der Waals surface area contributed by atoms with E-state index in [4.69, 9.17) is 0 Å². The molecule has 1 rings (SSSR count). The summed E-state index contributed by atoms with van der Waals surface area (Å²) >= 11 is 0. The van der Waals surface area contributed by atoms with Crippen LogP contribution in [0.5, 0.6) is 0 Å². The lowest BCUT2D eigenvalue weighted by atomic mass is 10.1. The van der Waals surface area contributed by atoms with E-state index in [0.29, 0.717) is 6.42 Å². The summed E-state index contributed by atoms with van der Waals surface area (Å²) in [5, 5.41) is 2.93. The molecule has 1 radical (unpaired) electrons. The van der Waals surface area contributed by atoms with Gasteiger partial charge in [-0.05, 0) is 18.4 Å². The van der Waals surface area contributed by atoms with Crippen LogP contribution in [0.25, 0.3) is 0 Å². The zero-order valence-corrected chi connectivity index (χ0v) is 9.74. The number of rotatable bonds is 7. The highest BCUT2D eigenvalue weighted by molar-refractivity contribution is 5.75. The minimum absolute atomic E-state index is 0.157. The van der Waals surface area contributed by atoms with Gasteiger partial charge >= 0.3 is 0 Å². The summed E-state index contributed by atoms with van der Waals surface area (Å²) in [4.78, 5) is 11.4. The maximum atomic E-state index is 11.4. The molecule has 87 valence electrons. The quantitative estimate of drug-likeness (QED) is 0.700. The summed E-state index contributed by atoms with van der Waals surface area (Å²) in [5.74, 6) is 0.157. The Labute approximate surface area is 98.1 Å². The van der Waals surface area contributed by atoms with Crippen LogP contribution in [0.4, 0.5) is 0 Å². The van der Waals surface area contributed by atoms with Crippen LogP contribution in [0.3, 0.4) is 0 Å². The predicted molar refractivity (Wildman–Crippen MR) is 67.0 cm³/mol. The van der Waals surface area contributed by atoms with Crippen molar-refractivity contribution in [1.82, 2.24) is 5.32 Å². The number of carbonyl (C=O) groups excluding carboxylic acids is 1. The van der Waals surface area contributed by atoms with Crippen LogP contribution in [0.2, 0.25) is 0 Å². The third-order valence-corrected chi connectivity index (χ3v) is 2.48. The van der Waals surface area contributed by atoms with E-state index in [0.717, 1.165) is 32.2 Å². The fraction of sp³-hybridized carbons (Fsp3) is 0.429. The van der Waals surface area contributed by atoms with Crippen molar-refractivity contribution in [2.75, 3.05) is 6.54 Å². The molecule has 16 heavy (non-hydrogen) atoms. The summed E-state index contributed by atoms with van der Waals surface area (Å²) in [5.41, 5.74) is 1.26. The molecular formula is C14H20NO. The van der Waals surface area contributed by atoms with Gasteiger partial charge in [0.05, 0.1) is 0 Å². The van der Waals surface area contributed by atoms with Crippen LogP contribution < -0.4 is 5.32 Å². The fourth-order valence-corrected chi connectivity index (χ4v) is 1.54. The largest absolute Gasteiger partial charge is 0.356 e. The van der Waals surface area contributed by atoms with Gasteiger partial charge in [-0.25, -0.2) is 0 Å². The number of unbranched alkanes of at least 4 members (excludes halogenated alkanes) is 2. The van der Waals surface area contributed by atoms with Crippen LogP contribution in [0.1, 0.15) is 31.2 Å². The van der Waals surface area contributed by atoms with E-state index in [-0.39, 0.29) is 5.91 Å². The molecule has 1 amide bonds. The molecule has 0 aliphatic carbocycles. The Morgan fingerprint density at radius 2 is 1.94 bits per heavy atom. The van der Waals surface area contributed by atoms with Crippen LogP contribution in [0.15, 0.2) is 30.3 Å². The SMILES string of the molecule is [CH2]CCCCC(=O)NCCc1ccccc1. The molecule has 1 aromatic carbocycles. The van der Waals surface area contributed by atoms with Crippen molar-refractivity contribution in [3.8, 4) is 0 Å². The highest BCUT2D eigenvalue weighted by Crippen LogP contribution is 2.00. The van der Waals surface area contributed by atoms with Gasteiger partial charge in [0.1, 0.15) is 0 Å². The maximum Gasteiger partial charge on any atom is 0.220 e. The highest BCUT2D eigenvalue weighted by Gasteiger charge is 1.99. The second kappa shape index (κ2) is 7.91. The molecule has 0 fully saturated rings. The summed E-state index contributed by atoms with van der Waals surface area (Å²) in [7, 11) is 0. The van der Waals surface area contributed by atoms with Crippen molar-refractivity contribution in [3.05, 3.63) is 42.8 Å². The van der Waals surface area contributed by atoms with Gasteiger partial charge in [-0.3, -0.25) is 4.79 Å². The molecule has 0 heterocycles. The Bertz CT molecular complexity index is 295. The third-order valence-electron chi connectivity index (χ3n) is 2.48. The number of nitrogens with one attached hydrogen (secondary N) is 1. The van der Waals surface area contributed by atoms with Gasteiger partial charge in [0, 0.05) is 13.0 Å². The van der Waals surface area contributed by atoms with E-state index in [2.05, 4.69) is 24.4 Å². The number of carbonyl (C=O) groups is 1. The van der Waals surface area contributed by atoms with Gasteiger partial charge in [0.15, 0.2) is 0 Å². The van der Waals surface area contributed by atoms with Crippen molar-refractivity contribution in [1.29, 1.82) is 0 Å². The highest BCUT2D eigenvalue weighted by atomic mass is 16.1. The molecule has 0 aromatic heterocycles. The summed E-state index contributed by atoms with van der Waals surface area (Å²) in [6, 6.07) is 10.2. The number of amides is 1. The van der Waals surface area contributed by atoms with Gasteiger partial charge in [0.2, 0.25) is 5.91 Å². The molecule has 0 saturated heterocycles. The minimum atomic E-state index is 0.157. The molecule has 0 unspecified atom stereocenters. The smallest absolute Gasteiger partial charge is 0.220 e. The minimum Gasteiger partial charge on any atom is -0.356 e. The molecule has 0 aliphatic heterocycles. The second-order valence-electron chi connectivity index (χ2n) is 3.90. The molecule has 0 aliphatic rings. The Morgan fingerprint density at radius 1 is 1.19 bits per heavy atom. The van der Waals surface area contributed by atoms with Gasteiger partial charge in [-0.1, -0.05) is 50.1 Å². The topological polar surface area (TPSA) is 29.1 Å². The fourth-order valence-electron chi connectivity index (χ4n) is 1.54. The molecule has 0 saturated carbocycles. The number of benzene rings is 1. The maximum absolute atomic E-state index is 11.4. The molecular weight excluding hydrogens is 198 g/mol. The van der Waals surface area contributed by atoms with Crippen molar-refractivity contribution in [2.45, 2.75) is 32.1 Å². The Kier molecular flexibility index (Phi) is 6.31. The van der Waals surface area contributed by atoms with Crippen LogP contribution >= 0.6 is 0 Å². The van der Waals surface area contributed by atoms with E-state index in [9.17, 15) is 4.79 Å². The van der Waals surface area contributed by atoms with Crippen molar-refractivity contribution < 1.29 is 4.79 Å². The van der Waals surface area contributed by atoms with Crippen molar-refractivity contribution >= 4 is 5.91 Å². The summed E-state index contributed by atoms with van der Waals surface area (Å²) in [6.45, 7) is 4.48. The van der Waals surface area contributed by atoms with Crippen LogP contribution in [0, 0.1) is 6.92 Å². The normalized spacial score (nSPS) is 10.1. The Morgan fingerprint density at radius 3 is 2.62 bits per heavy atom. The zero-order valence-electron chi connectivity index (χ0n) is 9.74. The molecule has 0 atom stereocenters. The first-order valence-electron chi connectivity index (χ1n) is 5.93. The molecule has 1 aromatic rings. The van der Waals surface area contributed by atoms with E-state index in [1.807, 2.05) is 18.2 Å². The Balaban J connectivity index is 2.09. The molecule has 0 spiro atoms. The van der Waals surface area contributed by atoms with Crippen molar-refractivity contribution in [2.24, 2.45) is 0 Å². The molecule has 2 nitrogen and oxygen atoms in total. The van der Waals surface area contributed by atoms with E-state index >= 15 is 0 Å². The Hall–Kier alpha value is -1.31. The number of hydrogen-bond acceptors (Lipinski definition) is 1. The first-order chi connectivity index (χ1) is 7.83. The van der Waals surface area contributed by atoms with Crippen LogP contribution in [-0.2, 0) is 11.2 Å². The van der Waals surface area contributed by atoms with Gasteiger partial charge in [0.25, 0.3) is 0 Å². The van der Waals surface area contributed by atoms with E-state index in [1.54, 1.807) is 0 Å².